The number of unbranched alkanes of at least 4 members (excludes halogenated alkanes) is 47. The van der Waals surface area contributed by atoms with Gasteiger partial charge in [0.2, 0.25) is 0 Å². The molecule has 468 valence electrons. The van der Waals surface area contributed by atoms with Crippen LogP contribution in [0.5, 0.6) is 0 Å². The van der Waals surface area contributed by atoms with E-state index in [1.165, 1.54) is 257 Å². The average molecular weight is 1120 g/mol. The zero-order valence-corrected chi connectivity index (χ0v) is 53.9. The Morgan fingerprint density at radius 3 is 0.762 bits per heavy atom. The minimum absolute atomic E-state index is 0.0670. The molecule has 6 heteroatoms. The summed E-state index contributed by atoms with van der Waals surface area (Å²) in [7, 11) is 0. The molecule has 1 atom stereocenters. The van der Waals surface area contributed by atoms with Crippen LogP contribution >= 0.6 is 0 Å². The van der Waals surface area contributed by atoms with Gasteiger partial charge in [0.25, 0.3) is 0 Å². The molecule has 0 bridgehead atoms. The summed E-state index contributed by atoms with van der Waals surface area (Å²) in [5, 5.41) is 0. The molecule has 0 fully saturated rings. The van der Waals surface area contributed by atoms with Gasteiger partial charge >= 0.3 is 17.9 Å². The second-order valence-corrected chi connectivity index (χ2v) is 24.1. The lowest BCUT2D eigenvalue weighted by molar-refractivity contribution is -0.167. The number of allylic oxidation sites excluding steroid dienone is 8. The summed E-state index contributed by atoms with van der Waals surface area (Å²) in [4.78, 5) is 38.0. The molecule has 0 saturated heterocycles. The quantitative estimate of drug-likeness (QED) is 0.0261. The highest BCUT2D eigenvalue weighted by Gasteiger charge is 2.19. The van der Waals surface area contributed by atoms with Gasteiger partial charge in [-0.05, 0) is 57.8 Å². The van der Waals surface area contributed by atoms with Crippen molar-refractivity contribution >= 4 is 17.9 Å². The first-order valence-corrected chi connectivity index (χ1v) is 35.6. The van der Waals surface area contributed by atoms with Crippen molar-refractivity contribution in [3.63, 3.8) is 0 Å². The third kappa shape index (κ3) is 66.2. The molecule has 0 aromatic rings. The van der Waals surface area contributed by atoms with Gasteiger partial charge in [-0.1, -0.05) is 358 Å². The zero-order chi connectivity index (χ0) is 57.8. The summed E-state index contributed by atoms with van der Waals surface area (Å²) in [6.45, 7) is 6.51. The van der Waals surface area contributed by atoms with Gasteiger partial charge in [0, 0.05) is 19.3 Å². The normalized spacial score (nSPS) is 12.3. The smallest absolute Gasteiger partial charge is 0.306 e. The molecule has 0 saturated carbocycles. The minimum Gasteiger partial charge on any atom is -0.462 e. The average Bonchev–Trinajstić information content (AvgIpc) is 3.46. The highest BCUT2D eigenvalue weighted by Crippen LogP contribution is 2.19. The van der Waals surface area contributed by atoms with Crippen LogP contribution in [0.15, 0.2) is 48.6 Å². The summed E-state index contributed by atoms with van der Waals surface area (Å²) >= 11 is 0. The van der Waals surface area contributed by atoms with E-state index in [1.807, 2.05) is 0 Å². The third-order valence-corrected chi connectivity index (χ3v) is 16.1. The summed E-state index contributed by atoms with van der Waals surface area (Å²) in [5.74, 6) is -0.854. The van der Waals surface area contributed by atoms with E-state index in [2.05, 4.69) is 69.4 Å². The molecule has 0 N–H and O–H groups in total. The van der Waals surface area contributed by atoms with Gasteiger partial charge in [-0.2, -0.15) is 0 Å². The SMILES string of the molecule is CC/C=C\C/C=C\C/C=C\C/C=C\CCCCCCCCCCCCCCCCCCCCC(=O)OCC(COC(=O)CCCCCCC)OC(=O)CCCCCCCCCCCCCCCCCCCCCCCCCCCC. The Labute approximate surface area is 498 Å². The van der Waals surface area contributed by atoms with Gasteiger partial charge in [0.15, 0.2) is 6.10 Å². The van der Waals surface area contributed by atoms with E-state index in [9.17, 15) is 14.4 Å². The first-order valence-electron chi connectivity index (χ1n) is 35.6. The molecule has 0 amide bonds. The maximum Gasteiger partial charge on any atom is 0.306 e. The minimum atomic E-state index is -0.766. The second kappa shape index (κ2) is 68.9. The first-order chi connectivity index (χ1) is 39.5. The molecule has 0 aromatic carbocycles. The van der Waals surface area contributed by atoms with Gasteiger partial charge in [-0.15, -0.1) is 0 Å². The lowest BCUT2D eigenvalue weighted by Gasteiger charge is -2.18. The van der Waals surface area contributed by atoms with Crippen LogP contribution in [-0.2, 0) is 28.6 Å². The van der Waals surface area contributed by atoms with Crippen LogP contribution in [0.2, 0.25) is 0 Å². The van der Waals surface area contributed by atoms with E-state index in [0.717, 1.165) is 89.9 Å². The van der Waals surface area contributed by atoms with E-state index in [0.29, 0.717) is 19.3 Å². The largest absolute Gasteiger partial charge is 0.462 e. The van der Waals surface area contributed by atoms with Gasteiger partial charge < -0.3 is 14.2 Å². The zero-order valence-electron chi connectivity index (χ0n) is 53.9. The fourth-order valence-electron chi connectivity index (χ4n) is 10.8. The number of esters is 3. The molecule has 0 rings (SSSR count). The van der Waals surface area contributed by atoms with Crippen LogP contribution in [0.4, 0.5) is 0 Å². The van der Waals surface area contributed by atoms with Crippen molar-refractivity contribution in [2.45, 2.75) is 393 Å². The van der Waals surface area contributed by atoms with Crippen molar-refractivity contribution in [3.8, 4) is 0 Å². The molecule has 6 nitrogen and oxygen atoms in total. The van der Waals surface area contributed by atoms with Crippen molar-refractivity contribution in [3.05, 3.63) is 48.6 Å². The van der Waals surface area contributed by atoms with Gasteiger partial charge in [-0.25, -0.2) is 0 Å². The third-order valence-electron chi connectivity index (χ3n) is 16.1. The topological polar surface area (TPSA) is 78.9 Å². The summed E-state index contributed by atoms with van der Waals surface area (Å²) in [5.41, 5.74) is 0. The Kier molecular flexibility index (Phi) is 66.6. The number of ether oxygens (including phenoxy) is 3. The second-order valence-electron chi connectivity index (χ2n) is 24.1. The van der Waals surface area contributed by atoms with Crippen LogP contribution in [0.25, 0.3) is 0 Å². The van der Waals surface area contributed by atoms with Crippen molar-refractivity contribution < 1.29 is 28.6 Å². The molecule has 0 aliphatic carbocycles. The van der Waals surface area contributed by atoms with Crippen molar-refractivity contribution in [2.75, 3.05) is 13.2 Å². The predicted octanol–water partition coefficient (Wildman–Crippen LogP) is 24.5. The molecular formula is C74H136O6. The lowest BCUT2D eigenvalue weighted by Crippen LogP contribution is -2.30. The van der Waals surface area contributed by atoms with Crippen LogP contribution in [0.1, 0.15) is 387 Å². The number of rotatable bonds is 66. The summed E-state index contributed by atoms with van der Waals surface area (Å²) in [6.07, 6.45) is 87.8. The maximum atomic E-state index is 12.9. The number of carbonyl (C=O) groups excluding carboxylic acids is 3. The Morgan fingerprint density at radius 1 is 0.263 bits per heavy atom. The van der Waals surface area contributed by atoms with E-state index >= 15 is 0 Å². The molecular weight excluding hydrogens is 985 g/mol. The Balaban J connectivity index is 3.91. The van der Waals surface area contributed by atoms with Crippen molar-refractivity contribution in [1.29, 1.82) is 0 Å². The first kappa shape index (κ1) is 77.4. The highest BCUT2D eigenvalue weighted by atomic mass is 16.6. The summed E-state index contributed by atoms with van der Waals surface area (Å²) in [6, 6.07) is 0. The Morgan fingerprint density at radius 2 is 0.487 bits per heavy atom. The van der Waals surface area contributed by atoms with E-state index < -0.39 is 6.10 Å². The predicted molar refractivity (Wildman–Crippen MR) is 349 cm³/mol. The molecule has 0 aliphatic rings. The highest BCUT2D eigenvalue weighted by molar-refractivity contribution is 5.71. The standard InChI is InChI=1S/C74H136O6/c1-4-7-10-13-15-17-19-21-23-25-27-29-31-33-35-36-37-38-39-41-42-44-46-48-50-52-54-56-58-61-64-67-73(76)79-70-71(69-78-72(75)66-63-60-12-9-6-3)80-74(77)68-65-62-59-57-55-53-51-49-47-45-43-40-34-32-30-28-26-24-22-20-18-16-14-11-8-5-2/h7,10,15,17,21,23,27,29,71H,4-6,8-9,11-14,16,18-20,22,24-26,28,30-70H2,1-3H3/b10-7-,17-15-,23-21-,29-27-. The number of hydrogen-bond donors (Lipinski definition) is 0. The molecule has 0 radical (unpaired) electrons. The van der Waals surface area contributed by atoms with Crippen molar-refractivity contribution in [1.82, 2.24) is 0 Å². The molecule has 0 heterocycles. The fraction of sp³-hybridized carbons (Fsp3) is 0.851. The number of carbonyl (C=O) groups is 3. The Bertz CT molecular complexity index is 1380. The fourth-order valence-corrected chi connectivity index (χ4v) is 10.8. The molecule has 80 heavy (non-hydrogen) atoms. The van der Waals surface area contributed by atoms with Crippen LogP contribution in [-0.4, -0.2) is 37.2 Å². The van der Waals surface area contributed by atoms with Crippen LogP contribution in [0, 0.1) is 0 Å². The van der Waals surface area contributed by atoms with Crippen LogP contribution < -0.4 is 0 Å². The molecule has 0 aliphatic heterocycles. The monoisotopic (exact) mass is 1120 g/mol. The van der Waals surface area contributed by atoms with E-state index in [4.69, 9.17) is 14.2 Å². The van der Waals surface area contributed by atoms with Gasteiger partial charge in [0.05, 0.1) is 0 Å². The summed E-state index contributed by atoms with van der Waals surface area (Å²) < 4.78 is 16.8. The molecule has 0 spiro atoms. The van der Waals surface area contributed by atoms with Gasteiger partial charge in [0.1, 0.15) is 13.2 Å². The lowest BCUT2D eigenvalue weighted by atomic mass is 10.0. The molecule has 0 aromatic heterocycles. The Hall–Kier alpha value is -2.63. The molecule has 1 unspecified atom stereocenters. The number of hydrogen-bond acceptors (Lipinski definition) is 6. The van der Waals surface area contributed by atoms with Crippen LogP contribution in [0.3, 0.4) is 0 Å². The van der Waals surface area contributed by atoms with Crippen molar-refractivity contribution in [2.24, 2.45) is 0 Å². The van der Waals surface area contributed by atoms with E-state index in [-0.39, 0.29) is 31.1 Å². The van der Waals surface area contributed by atoms with E-state index in [1.54, 1.807) is 0 Å². The maximum absolute atomic E-state index is 12.9. The van der Waals surface area contributed by atoms with Gasteiger partial charge in [-0.3, -0.25) is 14.4 Å².